The molecule has 0 unspecified atom stereocenters. The Hall–Kier alpha value is -1.03. The van der Waals surface area contributed by atoms with E-state index < -0.39 is 0 Å². The number of phenolic OH excluding ortho intramolecular Hbond substituents is 1. The van der Waals surface area contributed by atoms with Gasteiger partial charge in [-0.2, -0.15) is 0 Å². The zero-order valence-electron chi connectivity index (χ0n) is 9.36. The Bertz CT molecular complexity index is 575. The van der Waals surface area contributed by atoms with Crippen LogP contribution in [0.15, 0.2) is 41.3 Å². The van der Waals surface area contributed by atoms with Gasteiger partial charge in [0.25, 0.3) is 0 Å². The monoisotopic (exact) mass is 299 g/mol. The molecule has 0 aliphatic heterocycles. The molecular formula is C13H11Cl2NOS. The second kappa shape index (κ2) is 5.74. The number of phenols is 1. The van der Waals surface area contributed by atoms with Gasteiger partial charge in [-0.3, -0.25) is 0 Å². The summed E-state index contributed by atoms with van der Waals surface area (Å²) >= 11 is 13.3. The number of anilines is 1. The van der Waals surface area contributed by atoms with E-state index in [1.54, 1.807) is 42.1 Å². The molecule has 0 atom stereocenters. The summed E-state index contributed by atoms with van der Waals surface area (Å²) in [4.78, 5) is 0.992. The first-order valence-corrected chi connectivity index (χ1v) is 6.95. The molecule has 2 nitrogen and oxygen atoms in total. The summed E-state index contributed by atoms with van der Waals surface area (Å²) in [5.41, 5.74) is 7.12. The first-order chi connectivity index (χ1) is 8.56. The number of nitrogen functional groups attached to an aromatic ring is 1. The molecule has 0 saturated heterocycles. The van der Waals surface area contributed by atoms with Gasteiger partial charge in [0.1, 0.15) is 5.75 Å². The average Bonchev–Trinajstić information content (AvgIpc) is 2.34. The van der Waals surface area contributed by atoms with E-state index in [0.29, 0.717) is 21.5 Å². The molecule has 18 heavy (non-hydrogen) atoms. The van der Waals surface area contributed by atoms with Crippen LogP contribution >= 0.6 is 35.0 Å². The van der Waals surface area contributed by atoms with Crippen LogP contribution in [-0.4, -0.2) is 5.11 Å². The third kappa shape index (κ3) is 3.25. The Labute approximate surface area is 120 Å². The minimum atomic E-state index is 0.247. The zero-order chi connectivity index (χ0) is 13.1. The Morgan fingerprint density at radius 2 is 1.83 bits per heavy atom. The highest BCUT2D eigenvalue weighted by Crippen LogP contribution is 2.32. The lowest BCUT2D eigenvalue weighted by Gasteiger charge is -2.06. The fourth-order valence-corrected chi connectivity index (χ4v) is 2.73. The predicted octanol–water partition coefficient (Wildman–Crippen LogP) is 4.57. The Morgan fingerprint density at radius 3 is 2.56 bits per heavy atom. The van der Waals surface area contributed by atoms with E-state index >= 15 is 0 Å². The first kappa shape index (κ1) is 13.4. The number of hydrogen-bond acceptors (Lipinski definition) is 3. The molecule has 0 bridgehead atoms. The molecule has 5 heteroatoms. The fraction of sp³-hybridized carbons (Fsp3) is 0.0769. The number of aromatic hydroxyl groups is 1. The van der Waals surface area contributed by atoms with Gasteiger partial charge >= 0.3 is 0 Å². The van der Waals surface area contributed by atoms with E-state index in [0.717, 1.165) is 10.5 Å². The molecule has 0 spiro atoms. The Balaban J connectivity index is 2.11. The van der Waals surface area contributed by atoms with Crippen molar-refractivity contribution in [1.29, 1.82) is 0 Å². The lowest BCUT2D eigenvalue weighted by Crippen LogP contribution is -1.88. The molecule has 0 heterocycles. The summed E-state index contributed by atoms with van der Waals surface area (Å²) in [6, 6.07) is 10.5. The van der Waals surface area contributed by atoms with Crippen molar-refractivity contribution >= 4 is 40.7 Å². The summed E-state index contributed by atoms with van der Waals surface area (Å²) in [5, 5.41) is 10.8. The van der Waals surface area contributed by atoms with E-state index in [9.17, 15) is 5.11 Å². The van der Waals surface area contributed by atoms with Gasteiger partial charge in [0.05, 0.1) is 10.0 Å². The highest BCUT2D eigenvalue weighted by molar-refractivity contribution is 7.98. The maximum Gasteiger partial charge on any atom is 0.119 e. The highest BCUT2D eigenvalue weighted by Gasteiger charge is 2.04. The van der Waals surface area contributed by atoms with Crippen molar-refractivity contribution in [1.82, 2.24) is 0 Å². The molecule has 0 fully saturated rings. The average molecular weight is 300 g/mol. The van der Waals surface area contributed by atoms with Crippen molar-refractivity contribution in [3.8, 4) is 5.75 Å². The lowest BCUT2D eigenvalue weighted by atomic mass is 10.2. The van der Waals surface area contributed by atoms with Gasteiger partial charge in [-0.25, -0.2) is 0 Å². The van der Waals surface area contributed by atoms with E-state index in [4.69, 9.17) is 28.9 Å². The van der Waals surface area contributed by atoms with Crippen LogP contribution in [0.1, 0.15) is 5.56 Å². The summed E-state index contributed by atoms with van der Waals surface area (Å²) in [5.74, 6) is 0.867. The smallest absolute Gasteiger partial charge is 0.119 e. The van der Waals surface area contributed by atoms with Gasteiger partial charge in [0.2, 0.25) is 0 Å². The second-order valence-corrected chi connectivity index (χ2v) is 5.62. The van der Waals surface area contributed by atoms with Crippen LogP contribution < -0.4 is 5.73 Å². The Kier molecular flexibility index (Phi) is 4.27. The molecule has 0 saturated carbocycles. The van der Waals surface area contributed by atoms with Crippen LogP contribution in [0.2, 0.25) is 10.0 Å². The standard InChI is InChI=1S/C13H11Cl2NOS/c14-11-3-2-10(6-12(11)15)18-7-8-5-9(16)1-4-13(8)17/h1-6,17H,7,16H2. The number of thioether (sulfide) groups is 1. The molecule has 0 amide bonds. The van der Waals surface area contributed by atoms with Crippen LogP contribution in [0.3, 0.4) is 0 Å². The summed E-state index contributed by atoms with van der Waals surface area (Å²) in [6.45, 7) is 0. The minimum absolute atomic E-state index is 0.247. The van der Waals surface area contributed by atoms with Crippen molar-refractivity contribution < 1.29 is 5.11 Å². The molecular weight excluding hydrogens is 289 g/mol. The van der Waals surface area contributed by atoms with Gasteiger partial charge < -0.3 is 10.8 Å². The molecule has 2 aromatic rings. The first-order valence-electron chi connectivity index (χ1n) is 5.21. The molecule has 2 aromatic carbocycles. The molecule has 2 rings (SSSR count). The van der Waals surface area contributed by atoms with E-state index in [2.05, 4.69) is 0 Å². The summed E-state index contributed by atoms with van der Waals surface area (Å²) in [7, 11) is 0. The van der Waals surface area contributed by atoms with Crippen molar-refractivity contribution in [3.05, 3.63) is 52.0 Å². The van der Waals surface area contributed by atoms with Crippen molar-refractivity contribution in [2.24, 2.45) is 0 Å². The van der Waals surface area contributed by atoms with Crippen LogP contribution in [0, 0.1) is 0 Å². The third-order valence-electron chi connectivity index (χ3n) is 2.39. The van der Waals surface area contributed by atoms with Crippen molar-refractivity contribution in [2.45, 2.75) is 10.6 Å². The topological polar surface area (TPSA) is 46.2 Å². The normalized spacial score (nSPS) is 10.6. The zero-order valence-corrected chi connectivity index (χ0v) is 11.7. The number of rotatable bonds is 3. The number of benzene rings is 2. The fourth-order valence-electron chi connectivity index (χ4n) is 1.45. The van der Waals surface area contributed by atoms with Gasteiger partial charge in [-0.15, -0.1) is 11.8 Å². The van der Waals surface area contributed by atoms with Crippen molar-refractivity contribution in [2.75, 3.05) is 5.73 Å². The van der Waals surface area contributed by atoms with E-state index in [1.807, 2.05) is 6.07 Å². The number of halogens is 2. The van der Waals surface area contributed by atoms with E-state index in [1.165, 1.54) is 0 Å². The number of nitrogens with two attached hydrogens (primary N) is 1. The second-order valence-electron chi connectivity index (χ2n) is 3.75. The van der Waals surface area contributed by atoms with Crippen LogP contribution in [0.5, 0.6) is 5.75 Å². The largest absolute Gasteiger partial charge is 0.508 e. The SMILES string of the molecule is Nc1ccc(O)c(CSc2ccc(Cl)c(Cl)c2)c1. The van der Waals surface area contributed by atoms with Crippen LogP contribution in [0.4, 0.5) is 5.69 Å². The molecule has 94 valence electrons. The molecule has 0 aromatic heterocycles. The molecule has 0 aliphatic carbocycles. The minimum Gasteiger partial charge on any atom is -0.508 e. The molecule has 0 radical (unpaired) electrons. The highest BCUT2D eigenvalue weighted by atomic mass is 35.5. The van der Waals surface area contributed by atoms with Gasteiger partial charge in [-0.05, 0) is 36.4 Å². The predicted molar refractivity (Wildman–Crippen MR) is 78.5 cm³/mol. The Morgan fingerprint density at radius 1 is 1.06 bits per heavy atom. The molecule has 0 aliphatic rings. The number of hydrogen-bond donors (Lipinski definition) is 2. The lowest BCUT2D eigenvalue weighted by molar-refractivity contribution is 0.471. The maximum absolute atomic E-state index is 9.70. The van der Waals surface area contributed by atoms with Gasteiger partial charge in [-0.1, -0.05) is 23.2 Å². The van der Waals surface area contributed by atoms with Crippen LogP contribution in [-0.2, 0) is 5.75 Å². The van der Waals surface area contributed by atoms with Gasteiger partial charge in [0.15, 0.2) is 0 Å². The maximum atomic E-state index is 9.70. The van der Waals surface area contributed by atoms with Gasteiger partial charge in [0, 0.05) is 21.9 Å². The quantitative estimate of drug-likeness (QED) is 0.496. The van der Waals surface area contributed by atoms with Crippen molar-refractivity contribution in [3.63, 3.8) is 0 Å². The third-order valence-corrected chi connectivity index (χ3v) is 4.17. The molecule has 3 N–H and O–H groups in total. The summed E-state index contributed by atoms with van der Waals surface area (Å²) < 4.78 is 0. The van der Waals surface area contributed by atoms with E-state index in [-0.39, 0.29) is 5.75 Å². The summed E-state index contributed by atoms with van der Waals surface area (Å²) in [6.07, 6.45) is 0. The van der Waals surface area contributed by atoms with Crippen LogP contribution in [0.25, 0.3) is 0 Å².